The molecule has 1 N–H and O–H groups in total. The Morgan fingerprint density at radius 3 is 2.58 bits per heavy atom. The van der Waals surface area contributed by atoms with Crippen LogP contribution in [-0.4, -0.2) is 55.1 Å². The molecule has 0 saturated carbocycles. The van der Waals surface area contributed by atoms with E-state index < -0.39 is 5.91 Å². The summed E-state index contributed by atoms with van der Waals surface area (Å²) in [4.78, 5) is 27.1. The Balaban J connectivity index is 1.98. The summed E-state index contributed by atoms with van der Waals surface area (Å²) in [6.45, 7) is 3.98. The average molecular weight is 328 g/mol. The van der Waals surface area contributed by atoms with Gasteiger partial charge in [-0.15, -0.1) is 0 Å². The zero-order valence-corrected chi connectivity index (χ0v) is 13.8. The van der Waals surface area contributed by atoms with Crippen LogP contribution < -0.4 is 5.32 Å². The molecule has 0 aromatic heterocycles. The lowest BCUT2D eigenvalue weighted by Crippen LogP contribution is -2.47. The molecule has 1 fully saturated rings. The second-order valence-electron chi connectivity index (χ2n) is 5.47. The largest absolute Gasteiger partial charge is 0.453 e. The third-order valence-electron chi connectivity index (χ3n) is 3.70. The number of hydrogen-bond acceptors (Lipinski definition) is 5. The van der Waals surface area contributed by atoms with Crippen LogP contribution in [0.15, 0.2) is 36.0 Å². The Morgan fingerprint density at radius 1 is 1.29 bits per heavy atom. The first-order valence-electron chi connectivity index (χ1n) is 7.60. The Bertz CT molecular complexity index is 685. The van der Waals surface area contributed by atoms with Gasteiger partial charge in [0.05, 0.1) is 7.11 Å². The van der Waals surface area contributed by atoms with Crippen molar-refractivity contribution in [3.63, 3.8) is 0 Å². The lowest BCUT2D eigenvalue weighted by Gasteiger charge is -2.33. The van der Waals surface area contributed by atoms with Crippen LogP contribution in [0.1, 0.15) is 5.56 Å². The molecular weight excluding hydrogens is 308 g/mol. The summed E-state index contributed by atoms with van der Waals surface area (Å²) < 4.78 is 4.68. The molecule has 1 aromatic rings. The molecule has 24 heavy (non-hydrogen) atoms. The van der Waals surface area contributed by atoms with Crippen molar-refractivity contribution in [2.75, 3.05) is 38.6 Å². The number of anilines is 1. The predicted molar refractivity (Wildman–Crippen MR) is 89.1 cm³/mol. The normalized spacial score (nSPS) is 14.8. The molecule has 1 saturated heterocycles. The van der Waals surface area contributed by atoms with Crippen LogP contribution in [0.4, 0.5) is 10.5 Å². The van der Waals surface area contributed by atoms with Gasteiger partial charge in [-0.2, -0.15) is 5.26 Å². The lowest BCUT2D eigenvalue weighted by atomic mass is 10.2. The van der Waals surface area contributed by atoms with Crippen LogP contribution in [0.2, 0.25) is 0 Å². The van der Waals surface area contributed by atoms with Crippen molar-refractivity contribution in [2.45, 2.75) is 6.92 Å². The van der Waals surface area contributed by atoms with Crippen molar-refractivity contribution < 1.29 is 14.3 Å². The number of ether oxygens (including phenoxy) is 1. The van der Waals surface area contributed by atoms with Gasteiger partial charge in [0.25, 0.3) is 5.91 Å². The molecular formula is C17H20N4O3. The smallest absolute Gasteiger partial charge is 0.409 e. The van der Waals surface area contributed by atoms with E-state index in [1.807, 2.05) is 36.1 Å². The van der Waals surface area contributed by atoms with Crippen molar-refractivity contribution in [3.05, 3.63) is 41.6 Å². The lowest BCUT2D eigenvalue weighted by molar-refractivity contribution is -0.112. The molecule has 0 radical (unpaired) electrons. The SMILES string of the molecule is COC(=O)N1CCN(/C=C(/C#N)C(=O)Nc2cccc(C)c2)CC1. The van der Waals surface area contributed by atoms with Crippen LogP contribution in [0.25, 0.3) is 0 Å². The number of nitrogens with one attached hydrogen (secondary N) is 1. The molecule has 2 rings (SSSR count). The maximum atomic E-state index is 12.2. The first-order valence-corrected chi connectivity index (χ1v) is 7.60. The summed E-state index contributed by atoms with van der Waals surface area (Å²) in [5, 5.41) is 12.0. The Labute approximate surface area is 141 Å². The standard InChI is InChI=1S/C17H20N4O3/c1-13-4-3-5-15(10-13)19-16(22)14(11-18)12-20-6-8-21(9-7-20)17(23)24-2/h3-5,10,12H,6-9H2,1-2H3,(H,19,22)/b14-12-. The summed E-state index contributed by atoms with van der Waals surface area (Å²) in [5.74, 6) is -0.446. The molecule has 7 nitrogen and oxygen atoms in total. The van der Waals surface area contributed by atoms with Gasteiger partial charge in [0.1, 0.15) is 11.6 Å². The number of carbonyl (C=O) groups excluding carboxylic acids is 2. The highest BCUT2D eigenvalue weighted by atomic mass is 16.5. The summed E-state index contributed by atoms with van der Waals surface area (Å²) >= 11 is 0. The van der Waals surface area contributed by atoms with E-state index in [0.717, 1.165) is 5.56 Å². The minimum absolute atomic E-state index is 0.0306. The first kappa shape index (κ1) is 17.3. The molecule has 2 amide bonds. The molecule has 0 atom stereocenters. The van der Waals surface area contributed by atoms with Crippen LogP contribution in [0.5, 0.6) is 0 Å². The zero-order chi connectivity index (χ0) is 17.5. The highest BCUT2D eigenvalue weighted by Crippen LogP contribution is 2.12. The zero-order valence-electron chi connectivity index (χ0n) is 13.8. The number of carbonyl (C=O) groups is 2. The first-order chi connectivity index (χ1) is 11.5. The van der Waals surface area contributed by atoms with Crippen molar-refractivity contribution in [1.82, 2.24) is 9.80 Å². The topological polar surface area (TPSA) is 85.7 Å². The average Bonchev–Trinajstić information content (AvgIpc) is 2.59. The fourth-order valence-electron chi connectivity index (χ4n) is 2.40. The molecule has 0 spiro atoms. The summed E-state index contributed by atoms with van der Waals surface area (Å²) in [7, 11) is 1.35. The number of hydrogen-bond donors (Lipinski definition) is 1. The molecule has 0 bridgehead atoms. The summed E-state index contributed by atoms with van der Waals surface area (Å²) in [6.07, 6.45) is 1.18. The van der Waals surface area contributed by atoms with Crippen LogP contribution in [0.3, 0.4) is 0 Å². The fraction of sp³-hybridized carbons (Fsp3) is 0.353. The molecule has 1 aliphatic heterocycles. The molecule has 7 heteroatoms. The van der Waals surface area contributed by atoms with E-state index in [2.05, 4.69) is 10.1 Å². The quantitative estimate of drug-likeness (QED) is 0.674. The summed E-state index contributed by atoms with van der Waals surface area (Å²) in [5.41, 5.74) is 1.70. The maximum absolute atomic E-state index is 12.2. The monoisotopic (exact) mass is 328 g/mol. The van der Waals surface area contributed by atoms with Gasteiger partial charge in [-0.25, -0.2) is 4.79 Å². The van der Waals surface area contributed by atoms with Crippen molar-refractivity contribution in [3.8, 4) is 6.07 Å². The Hall–Kier alpha value is -3.01. The highest BCUT2D eigenvalue weighted by Gasteiger charge is 2.21. The number of nitrogens with zero attached hydrogens (tertiary/aromatic N) is 3. The number of rotatable bonds is 3. The van der Waals surface area contributed by atoms with Gasteiger partial charge < -0.3 is 19.9 Å². The summed E-state index contributed by atoms with van der Waals surface area (Å²) in [6, 6.07) is 9.31. The van der Waals surface area contributed by atoms with E-state index in [4.69, 9.17) is 0 Å². The Kier molecular flexibility index (Phi) is 5.79. The van der Waals surface area contributed by atoms with Crippen LogP contribution in [-0.2, 0) is 9.53 Å². The molecule has 126 valence electrons. The number of nitriles is 1. The minimum atomic E-state index is -0.446. The van der Waals surface area contributed by atoms with Gasteiger partial charge in [-0.3, -0.25) is 4.79 Å². The van der Waals surface area contributed by atoms with Crippen molar-refractivity contribution in [1.29, 1.82) is 5.26 Å². The van der Waals surface area contributed by atoms with Gasteiger partial charge >= 0.3 is 6.09 Å². The third-order valence-corrected chi connectivity index (χ3v) is 3.70. The fourth-order valence-corrected chi connectivity index (χ4v) is 2.40. The van der Waals surface area contributed by atoms with Crippen LogP contribution in [0, 0.1) is 18.3 Å². The van der Waals surface area contributed by atoms with E-state index in [9.17, 15) is 14.9 Å². The molecule has 0 aliphatic carbocycles. The van der Waals surface area contributed by atoms with Gasteiger partial charge in [0.2, 0.25) is 0 Å². The van der Waals surface area contributed by atoms with E-state index in [-0.39, 0.29) is 11.7 Å². The van der Waals surface area contributed by atoms with Crippen molar-refractivity contribution >= 4 is 17.7 Å². The molecule has 0 unspecified atom stereocenters. The van der Waals surface area contributed by atoms with Crippen LogP contribution >= 0.6 is 0 Å². The molecule has 1 heterocycles. The predicted octanol–water partition coefficient (Wildman–Crippen LogP) is 1.72. The number of piperazine rings is 1. The number of aryl methyl sites for hydroxylation is 1. The number of methoxy groups -OCH3 is 1. The second kappa shape index (κ2) is 8.02. The van der Waals surface area contributed by atoms with E-state index in [1.165, 1.54) is 7.11 Å². The number of amides is 2. The number of benzene rings is 1. The molecule has 1 aromatic carbocycles. The van der Waals surface area contributed by atoms with E-state index >= 15 is 0 Å². The van der Waals surface area contributed by atoms with E-state index in [1.54, 1.807) is 17.2 Å². The van der Waals surface area contributed by atoms with E-state index in [0.29, 0.717) is 31.9 Å². The molecule has 1 aliphatic rings. The van der Waals surface area contributed by atoms with Gasteiger partial charge in [-0.05, 0) is 24.6 Å². The van der Waals surface area contributed by atoms with Crippen molar-refractivity contribution in [2.24, 2.45) is 0 Å². The maximum Gasteiger partial charge on any atom is 0.409 e. The van der Waals surface area contributed by atoms with Gasteiger partial charge in [-0.1, -0.05) is 12.1 Å². The van der Waals surface area contributed by atoms with Gasteiger partial charge in [0, 0.05) is 38.1 Å². The minimum Gasteiger partial charge on any atom is -0.453 e. The highest BCUT2D eigenvalue weighted by molar-refractivity contribution is 6.06. The second-order valence-corrected chi connectivity index (χ2v) is 5.47. The third kappa shape index (κ3) is 4.49. The Morgan fingerprint density at radius 2 is 2.00 bits per heavy atom. The van der Waals surface area contributed by atoms with Gasteiger partial charge in [0.15, 0.2) is 0 Å².